The number of aromatic nitrogens is 2. The summed E-state index contributed by atoms with van der Waals surface area (Å²) in [6.45, 7) is 6.40. The van der Waals surface area contributed by atoms with Crippen LogP contribution in [0.25, 0.3) is 11.5 Å². The maximum Gasteiger partial charge on any atom is 0.277 e. The molecule has 1 heterocycles. The standard InChI is InChI=1S/C20H21N3O3S/c1-4-25-16-11-6-5-10-15(16)19-22-23-20(26-19)27-12-17(24)21-18-13(2)8-7-9-14(18)3/h5-11H,4,12H2,1-3H3,(H,21,24). The molecule has 0 aliphatic rings. The van der Waals surface area contributed by atoms with Crippen LogP contribution >= 0.6 is 11.8 Å². The summed E-state index contributed by atoms with van der Waals surface area (Å²) >= 11 is 1.20. The van der Waals surface area contributed by atoms with Crippen LogP contribution in [0.2, 0.25) is 0 Å². The van der Waals surface area contributed by atoms with Crippen molar-refractivity contribution in [2.75, 3.05) is 17.7 Å². The summed E-state index contributed by atoms with van der Waals surface area (Å²) in [6.07, 6.45) is 0. The Balaban J connectivity index is 1.64. The smallest absolute Gasteiger partial charge is 0.277 e. The van der Waals surface area contributed by atoms with E-state index in [1.807, 2.05) is 63.2 Å². The number of ether oxygens (including phenoxy) is 1. The number of carbonyl (C=O) groups excluding carboxylic acids is 1. The lowest BCUT2D eigenvalue weighted by atomic mass is 10.1. The first-order chi connectivity index (χ1) is 13.1. The predicted octanol–water partition coefficient (Wildman–Crippen LogP) is 4.48. The molecule has 7 heteroatoms. The third-order valence-electron chi connectivity index (χ3n) is 3.90. The number of hydrogen-bond donors (Lipinski definition) is 1. The van der Waals surface area contributed by atoms with Crippen LogP contribution in [-0.2, 0) is 4.79 Å². The highest BCUT2D eigenvalue weighted by molar-refractivity contribution is 7.99. The van der Waals surface area contributed by atoms with Crippen LogP contribution in [0.15, 0.2) is 52.1 Å². The van der Waals surface area contributed by atoms with Gasteiger partial charge in [0, 0.05) is 5.69 Å². The summed E-state index contributed by atoms with van der Waals surface area (Å²) in [4.78, 5) is 12.3. The van der Waals surface area contributed by atoms with Crippen molar-refractivity contribution in [1.82, 2.24) is 10.2 Å². The number of carbonyl (C=O) groups is 1. The molecule has 0 unspecified atom stereocenters. The Morgan fingerprint density at radius 3 is 2.59 bits per heavy atom. The molecule has 3 rings (SSSR count). The van der Waals surface area contributed by atoms with Gasteiger partial charge in [-0.1, -0.05) is 42.1 Å². The van der Waals surface area contributed by atoms with Gasteiger partial charge in [0.2, 0.25) is 5.91 Å². The zero-order valence-electron chi connectivity index (χ0n) is 15.5. The minimum absolute atomic E-state index is 0.119. The van der Waals surface area contributed by atoms with E-state index in [0.717, 1.165) is 22.4 Å². The Labute approximate surface area is 162 Å². The lowest BCUT2D eigenvalue weighted by molar-refractivity contribution is -0.113. The van der Waals surface area contributed by atoms with E-state index in [2.05, 4.69) is 15.5 Å². The Hall–Kier alpha value is -2.80. The molecule has 140 valence electrons. The number of thioether (sulfide) groups is 1. The Morgan fingerprint density at radius 2 is 1.85 bits per heavy atom. The number of rotatable bonds is 7. The summed E-state index contributed by atoms with van der Waals surface area (Å²) in [6, 6.07) is 13.4. The Bertz CT molecular complexity index is 919. The van der Waals surface area contributed by atoms with E-state index >= 15 is 0 Å². The highest BCUT2D eigenvalue weighted by Crippen LogP contribution is 2.30. The lowest BCUT2D eigenvalue weighted by Crippen LogP contribution is -2.15. The monoisotopic (exact) mass is 383 g/mol. The first-order valence-electron chi connectivity index (χ1n) is 8.63. The van der Waals surface area contributed by atoms with Gasteiger partial charge in [-0.15, -0.1) is 10.2 Å². The number of benzene rings is 2. The van der Waals surface area contributed by atoms with Crippen LogP contribution in [0.4, 0.5) is 5.69 Å². The largest absolute Gasteiger partial charge is 0.493 e. The molecule has 0 aliphatic carbocycles. The molecule has 0 aliphatic heterocycles. The van der Waals surface area contributed by atoms with E-state index < -0.39 is 0 Å². The minimum atomic E-state index is -0.119. The summed E-state index contributed by atoms with van der Waals surface area (Å²) in [5.74, 6) is 1.12. The van der Waals surface area contributed by atoms with Gasteiger partial charge in [0.1, 0.15) is 5.75 Å². The van der Waals surface area contributed by atoms with E-state index in [9.17, 15) is 4.79 Å². The fourth-order valence-corrected chi connectivity index (χ4v) is 3.18. The van der Waals surface area contributed by atoms with Crippen molar-refractivity contribution in [2.45, 2.75) is 26.0 Å². The van der Waals surface area contributed by atoms with Crippen LogP contribution < -0.4 is 10.1 Å². The van der Waals surface area contributed by atoms with Gasteiger partial charge in [-0.05, 0) is 44.0 Å². The topological polar surface area (TPSA) is 77.2 Å². The van der Waals surface area contributed by atoms with Gasteiger partial charge in [0.25, 0.3) is 11.1 Å². The number of aryl methyl sites for hydroxylation is 2. The molecular formula is C20H21N3O3S. The molecule has 1 N–H and O–H groups in total. The molecule has 0 bridgehead atoms. The summed E-state index contributed by atoms with van der Waals surface area (Å²) in [5, 5.41) is 11.4. The molecule has 0 radical (unpaired) electrons. The molecular weight excluding hydrogens is 362 g/mol. The zero-order chi connectivity index (χ0) is 19.2. The molecule has 0 fully saturated rings. The maximum absolute atomic E-state index is 12.3. The van der Waals surface area contributed by atoms with Crippen molar-refractivity contribution < 1.29 is 13.9 Å². The van der Waals surface area contributed by atoms with E-state index in [1.165, 1.54) is 11.8 Å². The van der Waals surface area contributed by atoms with E-state index in [1.54, 1.807) is 0 Å². The molecule has 2 aromatic carbocycles. The zero-order valence-corrected chi connectivity index (χ0v) is 16.3. The van der Waals surface area contributed by atoms with Gasteiger partial charge in [-0.2, -0.15) is 0 Å². The first kappa shape index (κ1) is 19.0. The fraction of sp³-hybridized carbons (Fsp3) is 0.250. The van der Waals surface area contributed by atoms with Gasteiger partial charge < -0.3 is 14.5 Å². The van der Waals surface area contributed by atoms with E-state index in [-0.39, 0.29) is 11.7 Å². The van der Waals surface area contributed by atoms with Crippen molar-refractivity contribution in [1.29, 1.82) is 0 Å². The molecule has 0 saturated heterocycles. The number of nitrogens with one attached hydrogen (secondary N) is 1. The number of para-hydroxylation sites is 2. The Kier molecular flexibility index (Phi) is 6.13. The molecule has 1 amide bonds. The number of hydrogen-bond acceptors (Lipinski definition) is 6. The molecule has 0 atom stereocenters. The van der Waals surface area contributed by atoms with E-state index in [0.29, 0.717) is 23.5 Å². The summed E-state index contributed by atoms with van der Waals surface area (Å²) in [5.41, 5.74) is 3.64. The Morgan fingerprint density at radius 1 is 1.11 bits per heavy atom. The third-order valence-corrected chi connectivity index (χ3v) is 4.71. The molecule has 0 spiro atoms. The second-order valence-corrected chi connectivity index (χ2v) is 6.83. The van der Waals surface area contributed by atoms with Crippen molar-refractivity contribution in [3.05, 3.63) is 53.6 Å². The van der Waals surface area contributed by atoms with Crippen LogP contribution in [0, 0.1) is 13.8 Å². The van der Waals surface area contributed by atoms with Gasteiger partial charge >= 0.3 is 0 Å². The minimum Gasteiger partial charge on any atom is -0.493 e. The second-order valence-electron chi connectivity index (χ2n) is 5.91. The van der Waals surface area contributed by atoms with Crippen molar-refractivity contribution in [3.8, 4) is 17.2 Å². The first-order valence-corrected chi connectivity index (χ1v) is 9.61. The quantitative estimate of drug-likeness (QED) is 0.606. The molecule has 27 heavy (non-hydrogen) atoms. The van der Waals surface area contributed by atoms with E-state index in [4.69, 9.17) is 9.15 Å². The van der Waals surface area contributed by atoms with Crippen LogP contribution in [-0.4, -0.2) is 28.5 Å². The molecule has 1 aromatic heterocycles. The van der Waals surface area contributed by atoms with Crippen molar-refractivity contribution >= 4 is 23.4 Å². The third kappa shape index (κ3) is 4.68. The summed E-state index contributed by atoms with van der Waals surface area (Å²) in [7, 11) is 0. The van der Waals surface area contributed by atoms with Gasteiger partial charge in [0.15, 0.2) is 0 Å². The number of amides is 1. The van der Waals surface area contributed by atoms with Crippen molar-refractivity contribution in [3.63, 3.8) is 0 Å². The van der Waals surface area contributed by atoms with Crippen molar-refractivity contribution in [2.24, 2.45) is 0 Å². The molecule has 6 nitrogen and oxygen atoms in total. The number of nitrogens with zero attached hydrogens (tertiary/aromatic N) is 2. The molecule has 3 aromatic rings. The average Bonchev–Trinajstić information content (AvgIpc) is 3.13. The SMILES string of the molecule is CCOc1ccccc1-c1nnc(SCC(=O)Nc2c(C)cccc2C)o1. The highest BCUT2D eigenvalue weighted by atomic mass is 32.2. The van der Waals surface area contributed by atoms with Crippen LogP contribution in [0.5, 0.6) is 5.75 Å². The second kappa shape index (κ2) is 8.73. The summed E-state index contributed by atoms with van der Waals surface area (Å²) < 4.78 is 11.3. The highest BCUT2D eigenvalue weighted by Gasteiger charge is 2.15. The number of anilines is 1. The van der Waals surface area contributed by atoms with Crippen LogP contribution in [0.1, 0.15) is 18.1 Å². The van der Waals surface area contributed by atoms with Gasteiger partial charge in [-0.25, -0.2) is 0 Å². The maximum atomic E-state index is 12.3. The normalized spacial score (nSPS) is 10.6. The fourth-order valence-electron chi connectivity index (χ4n) is 2.62. The van der Waals surface area contributed by atoms with Gasteiger partial charge in [-0.3, -0.25) is 4.79 Å². The lowest BCUT2D eigenvalue weighted by Gasteiger charge is -2.10. The average molecular weight is 383 g/mol. The molecule has 0 saturated carbocycles. The van der Waals surface area contributed by atoms with Gasteiger partial charge in [0.05, 0.1) is 17.9 Å². The predicted molar refractivity (Wildman–Crippen MR) is 106 cm³/mol. The van der Waals surface area contributed by atoms with Crippen LogP contribution in [0.3, 0.4) is 0 Å².